The van der Waals surface area contributed by atoms with Crippen molar-refractivity contribution >= 4 is 27.1 Å². The number of para-hydroxylation sites is 1. The second kappa shape index (κ2) is 8.61. The summed E-state index contributed by atoms with van der Waals surface area (Å²) >= 11 is 0. The summed E-state index contributed by atoms with van der Waals surface area (Å²) in [6, 6.07) is 20.9. The lowest BCUT2D eigenvalue weighted by atomic mass is 9.77. The van der Waals surface area contributed by atoms with Crippen molar-refractivity contribution in [3.05, 3.63) is 106 Å². The Kier molecular flexibility index (Phi) is 5.61. The normalized spacial score (nSPS) is 20.8. The number of sulfonamides is 1. The summed E-state index contributed by atoms with van der Waals surface area (Å²) in [6.07, 6.45) is 5.05. The van der Waals surface area contributed by atoms with Crippen LogP contribution in [0.2, 0.25) is 0 Å². The van der Waals surface area contributed by atoms with Gasteiger partial charge in [0.2, 0.25) is 0 Å². The van der Waals surface area contributed by atoms with Gasteiger partial charge in [-0.3, -0.25) is 14.4 Å². The topological polar surface area (TPSA) is 92.5 Å². The third-order valence-electron chi connectivity index (χ3n) is 6.69. The van der Waals surface area contributed by atoms with Crippen LogP contribution in [0.15, 0.2) is 89.8 Å². The highest BCUT2D eigenvalue weighted by Crippen LogP contribution is 2.50. The van der Waals surface area contributed by atoms with Crippen molar-refractivity contribution < 1.29 is 13.3 Å². The highest BCUT2D eigenvalue weighted by molar-refractivity contribution is 7.92. The lowest BCUT2D eigenvalue weighted by Crippen LogP contribution is -2.32. The maximum absolute atomic E-state index is 13.6. The van der Waals surface area contributed by atoms with Gasteiger partial charge in [-0.05, 0) is 60.7 Å². The third kappa shape index (κ3) is 3.74. The first-order valence-corrected chi connectivity index (χ1v) is 12.7. The predicted molar refractivity (Wildman–Crippen MR) is 133 cm³/mol. The number of hydrogen-bond acceptors (Lipinski definition) is 5. The highest BCUT2D eigenvalue weighted by Gasteiger charge is 2.39. The van der Waals surface area contributed by atoms with Crippen LogP contribution in [0.5, 0.6) is 0 Å². The lowest BCUT2D eigenvalue weighted by molar-refractivity contribution is -0.384. The van der Waals surface area contributed by atoms with E-state index in [1.165, 1.54) is 10.4 Å². The molecule has 34 heavy (non-hydrogen) atoms. The van der Waals surface area contributed by atoms with E-state index in [0.717, 1.165) is 23.2 Å². The monoisotopic (exact) mass is 475 g/mol. The number of hydrogen-bond donors (Lipinski definition) is 1. The fourth-order valence-electron chi connectivity index (χ4n) is 5.11. The van der Waals surface area contributed by atoms with Crippen molar-refractivity contribution in [2.75, 3.05) is 16.2 Å². The van der Waals surface area contributed by atoms with Crippen LogP contribution in [0.1, 0.15) is 36.4 Å². The van der Waals surface area contributed by atoms with Crippen molar-refractivity contribution in [1.29, 1.82) is 0 Å². The van der Waals surface area contributed by atoms with E-state index in [2.05, 4.69) is 17.5 Å². The fraction of sp³-hybridized carbons (Fsp3) is 0.231. The Hall–Kier alpha value is -3.65. The maximum Gasteiger partial charge on any atom is 0.269 e. The number of nitrogens with zero attached hydrogens (tertiary/aromatic N) is 2. The second-order valence-electron chi connectivity index (χ2n) is 8.58. The molecule has 0 saturated carbocycles. The second-order valence-corrected chi connectivity index (χ2v) is 10.4. The van der Waals surface area contributed by atoms with Crippen molar-refractivity contribution in [2.24, 2.45) is 5.92 Å². The molecule has 3 aromatic rings. The number of nitrogens with one attached hydrogen (secondary N) is 1. The molecule has 2 aliphatic rings. The average molecular weight is 476 g/mol. The predicted octanol–water partition coefficient (Wildman–Crippen LogP) is 5.64. The minimum Gasteiger partial charge on any atom is -0.378 e. The summed E-state index contributed by atoms with van der Waals surface area (Å²) in [4.78, 5) is 11.2. The first-order valence-electron chi connectivity index (χ1n) is 11.3. The highest BCUT2D eigenvalue weighted by atomic mass is 32.2. The van der Waals surface area contributed by atoms with Crippen LogP contribution in [-0.2, 0) is 10.0 Å². The maximum atomic E-state index is 13.6. The number of allylic oxidation sites excluding steroid dienone is 2. The summed E-state index contributed by atoms with van der Waals surface area (Å²) in [5.74, 6) is 0.173. The van der Waals surface area contributed by atoms with E-state index in [4.69, 9.17) is 0 Å². The van der Waals surface area contributed by atoms with Gasteiger partial charge in [0.15, 0.2) is 0 Å². The van der Waals surface area contributed by atoms with Crippen LogP contribution in [0.25, 0.3) is 0 Å². The van der Waals surface area contributed by atoms with Crippen molar-refractivity contribution in [2.45, 2.75) is 30.2 Å². The van der Waals surface area contributed by atoms with Gasteiger partial charge in [-0.15, -0.1) is 0 Å². The molecule has 1 heterocycles. The molecule has 1 N–H and O–H groups in total. The molecule has 1 aliphatic carbocycles. The van der Waals surface area contributed by atoms with Gasteiger partial charge < -0.3 is 5.32 Å². The van der Waals surface area contributed by atoms with E-state index in [1.54, 1.807) is 36.4 Å². The summed E-state index contributed by atoms with van der Waals surface area (Å²) in [7, 11) is -3.74. The summed E-state index contributed by atoms with van der Waals surface area (Å²) < 4.78 is 28.5. The molecule has 0 spiro atoms. The van der Waals surface area contributed by atoms with E-state index in [9.17, 15) is 18.5 Å². The Balaban J connectivity index is 1.53. The quantitative estimate of drug-likeness (QED) is 0.283. The molecule has 0 saturated heterocycles. The van der Waals surface area contributed by atoms with Gasteiger partial charge in [0.05, 0.1) is 21.5 Å². The Bertz CT molecular complexity index is 1370. The van der Waals surface area contributed by atoms with E-state index in [0.29, 0.717) is 12.2 Å². The van der Waals surface area contributed by atoms with Crippen molar-refractivity contribution in [3.63, 3.8) is 0 Å². The van der Waals surface area contributed by atoms with Gasteiger partial charge in [-0.25, -0.2) is 8.42 Å². The minimum atomic E-state index is -3.74. The number of non-ortho nitro benzene ring substituents is 1. The third-order valence-corrected chi connectivity index (χ3v) is 8.59. The number of rotatable bonds is 6. The number of fused-ring (bicyclic) bond motifs is 3. The van der Waals surface area contributed by atoms with Crippen LogP contribution in [0, 0.1) is 16.0 Å². The zero-order valence-electron chi connectivity index (χ0n) is 18.7. The van der Waals surface area contributed by atoms with Crippen LogP contribution in [0.3, 0.4) is 0 Å². The molecule has 5 rings (SSSR count). The molecule has 0 aromatic heterocycles. The summed E-state index contributed by atoms with van der Waals surface area (Å²) in [5.41, 5.74) is 3.34. The van der Waals surface area contributed by atoms with Crippen LogP contribution >= 0.6 is 0 Å². The minimum absolute atomic E-state index is 0.0301. The molecule has 0 radical (unpaired) electrons. The Morgan fingerprint density at radius 1 is 1.06 bits per heavy atom. The number of anilines is 2. The van der Waals surface area contributed by atoms with E-state index >= 15 is 0 Å². The first kappa shape index (κ1) is 22.2. The number of benzene rings is 3. The van der Waals surface area contributed by atoms with Crippen LogP contribution < -0.4 is 9.62 Å². The van der Waals surface area contributed by atoms with Gasteiger partial charge >= 0.3 is 0 Å². The van der Waals surface area contributed by atoms with E-state index in [-0.39, 0.29) is 33.4 Å². The van der Waals surface area contributed by atoms with Crippen LogP contribution in [-0.4, -0.2) is 19.9 Å². The number of nitro benzene ring substituents is 1. The molecule has 8 heteroatoms. The van der Waals surface area contributed by atoms with Crippen LogP contribution in [0.4, 0.5) is 17.1 Å². The molecule has 0 bridgehead atoms. The standard InChI is InChI=1S/C26H25N3O4S/c1-2-28(19-9-4-3-5-10-19)34(32,33)21-14-15-25-24(17-21)22-12-7-13-23(22)26(27-25)18-8-6-11-20(16-18)29(30)31/h3-12,14-17,22-23,26-27H,2,13H2,1H3. The molecule has 7 nitrogen and oxygen atoms in total. The zero-order valence-corrected chi connectivity index (χ0v) is 19.5. The fourth-order valence-corrected chi connectivity index (χ4v) is 6.62. The number of nitro groups is 1. The molecule has 3 atom stereocenters. The van der Waals surface area contributed by atoms with Gasteiger partial charge in [-0.1, -0.05) is 42.5 Å². The molecular formula is C26H25N3O4S. The summed E-state index contributed by atoms with van der Waals surface area (Å²) in [5, 5.41) is 14.8. The van der Waals surface area contributed by atoms with Gasteiger partial charge in [0.25, 0.3) is 15.7 Å². The average Bonchev–Trinajstić information content (AvgIpc) is 3.34. The molecule has 1 aliphatic heterocycles. The molecule has 3 unspecified atom stereocenters. The Labute approximate surface area is 198 Å². The van der Waals surface area contributed by atoms with E-state index < -0.39 is 10.0 Å². The Morgan fingerprint density at radius 2 is 1.85 bits per heavy atom. The lowest BCUT2D eigenvalue weighted by Gasteiger charge is -2.37. The summed E-state index contributed by atoms with van der Waals surface area (Å²) in [6.45, 7) is 2.15. The SMILES string of the molecule is CCN(c1ccccc1)S(=O)(=O)c1ccc2c(c1)C1C=CCC1C(c1cccc([N+](=O)[O-])c1)N2. The van der Waals surface area contributed by atoms with Crippen molar-refractivity contribution in [1.82, 2.24) is 0 Å². The molecule has 3 aromatic carbocycles. The molecule has 0 amide bonds. The van der Waals surface area contributed by atoms with E-state index in [1.807, 2.05) is 37.3 Å². The largest absolute Gasteiger partial charge is 0.378 e. The van der Waals surface area contributed by atoms with Gasteiger partial charge in [0, 0.05) is 30.3 Å². The Morgan fingerprint density at radius 3 is 2.59 bits per heavy atom. The molecular weight excluding hydrogens is 450 g/mol. The first-order chi connectivity index (χ1) is 16.4. The molecule has 0 fully saturated rings. The van der Waals surface area contributed by atoms with Gasteiger partial charge in [0.1, 0.15) is 0 Å². The smallest absolute Gasteiger partial charge is 0.269 e. The van der Waals surface area contributed by atoms with Crippen molar-refractivity contribution in [3.8, 4) is 0 Å². The molecule has 174 valence electrons. The zero-order chi connectivity index (χ0) is 23.9. The van der Waals surface area contributed by atoms with Gasteiger partial charge in [-0.2, -0.15) is 0 Å².